The highest BCUT2D eigenvalue weighted by Crippen LogP contribution is 2.30. The van der Waals surface area contributed by atoms with Crippen molar-refractivity contribution in [2.75, 3.05) is 0 Å². The van der Waals surface area contributed by atoms with Crippen LogP contribution >= 0.6 is 15.9 Å². The maximum atomic E-state index is 13.4. The molecule has 21 heavy (non-hydrogen) atoms. The van der Waals surface area contributed by atoms with E-state index in [0.717, 1.165) is 6.21 Å². The van der Waals surface area contributed by atoms with Gasteiger partial charge < -0.3 is 5.11 Å². The van der Waals surface area contributed by atoms with Crippen LogP contribution in [0.2, 0.25) is 0 Å². The van der Waals surface area contributed by atoms with Crippen LogP contribution in [0.15, 0.2) is 27.7 Å². The zero-order valence-corrected chi connectivity index (χ0v) is 11.6. The highest BCUT2D eigenvalue weighted by atomic mass is 79.9. The molecule has 2 nitrogen and oxygen atoms in total. The average Bonchev–Trinajstić information content (AvgIpc) is 2.46. The molecule has 2 aromatic carbocycles. The molecule has 0 aliphatic rings. The van der Waals surface area contributed by atoms with Crippen LogP contribution in [0.4, 0.5) is 27.6 Å². The monoisotopic (exact) mass is 365 g/mol. The first-order chi connectivity index (χ1) is 9.82. The second-order valence-corrected chi connectivity index (χ2v) is 4.80. The highest BCUT2D eigenvalue weighted by Gasteiger charge is 2.25. The van der Waals surface area contributed by atoms with Gasteiger partial charge in [-0.2, -0.15) is 0 Å². The van der Waals surface area contributed by atoms with Crippen LogP contribution in [0.5, 0.6) is 5.75 Å². The molecule has 0 fully saturated rings. The van der Waals surface area contributed by atoms with E-state index in [1.807, 2.05) is 0 Å². The van der Waals surface area contributed by atoms with Gasteiger partial charge in [0.1, 0.15) is 11.4 Å². The van der Waals surface area contributed by atoms with Crippen LogP contribution < -0.4 is 0 Å². The molecular weight excluding hydrogens is 361 g/mol. The summed E-state index contributed by atoms with van der Waals surface area (Å²) in [6, 6.07) is 4.11. The summed E-state index contributed by atoms with van der Waals surface area (Å²) in [5.74, 6) is -10.8. The molecule has 0 aliphatic heterocycles. The molecule has 2 rings (SSSR count). The molecule has 0 saturated heterocycles. The molecular formula is C13H5BrF5NO. The lowest BCUT2D eigenvalue weighted by Gasteiger charge is -2.04. The van der Waals surface area contributed by atoms with E-state index in [1.54, 1.807) is 0 Å². The first-order valence-corrected chi connectivity index (χ1v) is 6.16. The third-order valence-corrected chi connectivity index (χ3v) is 3.00. The molecule has 0 unspecified atom stereocenters. The number of benzene rings is 2. The number of rotatable bonds is 2. The van der Waals surface area contributed by atoms with Gasteiger partial charge in [-0.15, -0.1) is 0 Å². The smallest absolute Gasteiger partial charge is 0.200 e. The normalized spacial score (nSPS) is 11.3. The van der Waals surface area contributed by atoms with E-state index in [9.17, 15) is 27.1 Å². The molecule has 0 atom stereocenters. The molecule has 0 radical (unpaired) electrons. The summed E-state index contributed by atoms with van der Waals surface area (Å²) in [4.78, 5) is 3.24. The highest BCUT2D eigenvalue weighted by molar-refractivity contribution is 9.10. The van der Waals surface area contributed by atoms with E-state index >= 15 is 0 Å². The van der Waals surface area contributed by atoms with Gasteiger partial charge in [0, 0.05) is 16.3 Å². The summed E-state index contributed by atoms with van der Waals surface area (Å²) < 4.78 is 66.1. The lowest BCUT2D eigenvalue weighted by Crippen LogP contribution is -2.00. The molecule has 8 heteroatoms. The van der Waals surface area contributed by atoms with Crippen molar-refractivity contribution >= 4 is 27.8 Å². The number of nitrogens with zero attached hydrogens (tertiary/aromatic N) is 1. The van der Waals surface area contributed by atoms with E-state index in [-0.39, 0.29) is 11.3 Å². The zero-order valence-electron chi connectivity index (χ0n) is 9.97. The summed E-state index contributed by atoms with van der Waals surface area (Å²) in [7, 11) is 0. The second kappa shape index (κ2) is 5.80. The Hall–Kier alpha value is -1.96. The van der Waals surface area contributed by atoms with E-state index in [2.05, 4.69) is 20.9 Å². The van der Waals surface area contributed by atoms with Crippen molar-refractivity contribution in [3.8, 4) is 5.75 Å². The van der Waals surface area contributed by atoms with Crippen LogP contribution in [0, 0.1) is 29.1 Å². The third-order valence-electron chi connectivity index (χ3n) is 2.51. The lowest BCUT2D eigenvalue weighted by atomic mass is 10.2. The molecule has 0 aliphatic carbocycles. The summed E-state index contributed by atoms with van der Waals surface area (Å²) in [6.07, 6.45) is 0.790. The zero-order chi connectivity index (χ0) is 15.7. The van der Waals surface area contributed by atoms with E-state index < -0.39 is 34.8 Å². The Balaban J connectivity index is 2.54. The van der Waals surface area contributed by atoms with Gasteiger partial charge in [0.2, 0.25) is 5.82 Å². The molecule has 0 spiro atoms. The van der Waals surface area contributed by atoms with Gasteiger partial charge in [-0.25, -0.2) is 26.9 Å². The third kappa shape index (κ3) is 2.90. The quantitative estimate of drug-likeness (QED) is 0.358. The van der Waals surface area contributed by atoms with Crippen molar-refractivity contribution in [2.24, 2.45) is 4.99 Å². The number of hydrogen-bond acceptors (Lipinski definition) is 2. The molecule has 0 heterocycles. The van der Waals surface area contributed by atoms with Gasteiger partial charge in [0.25, 0.3) is 0 Å². The van der Waals surface area contributed by atoms with Crippen molar-refractivity contribution < 1.29 is 27.1 Å². The largest absolute Gasteiger partial charge is 0.507 e. The van der Waals surface area contributed by atoms with Crippen LogP contribution in [-0.4, -0.2) is 11.3 Å². The summed E-state index contributed by atoms with van der Waals surface area (Å²) >= 11 is 3.09. The molecule has 2 aromatic rings. The number of phenolic OH excluding ortho intramolecular Hbond substituents is 1. The molecule has 0 saturated carbocycles. The number of phenols is 1. The van der Waals surface area contributed by atoms with Crippen molar-refractivity contribution in [1.29, 1.82) is 0 Å². The summed E-state index contributed by atoms with van der Waals surface area (Å²) in [5, 5.41) is 9.50. The number of halogens is 6. The molecule has 0 bridgehead atoms. The van der Waals surface area contributed by atoms with Gasteiger partial charge in [-0.3, -0.25) is 0 Å². The number of hydrogen-bond donors (Lipinski definition) is 1. The standard InChI is InChI=1S/C13H5BrF5NO/c14-6-1-2-7(21)5(3-6)4-20-13-11(18)9(16)8(15)10(17)12(13)19/h1-4,21H. The van der Waals surface area contributed by atoms with E-state index in [1.165, 1.54) is 18.2 Å². The minimum Gasteiger partial charge on any atom is -0.507 e. The van der Waals surface area contributed by atoms with E-state index in [0.29, 0.717) is 4.47 Å². The van der Waals surface area contributed by atoms with Gasteiger partial charge in [0.05, 0.1) is 0 Å². The Morgan fingerprint density at radius 3 is 2.00 bits per heavy atom. The minimum atomic E-state index is -2.26. The maximum absolute atomic E-state index is 13.4. The SMILES string of the molecule is Oc1ccc(Br)cc1C=Nc1c(F)c(F)c(F)c(F)c1F. The Morgan fingerprint density at radius 1 is 0.905 bits per heavy atom. The van der Waals surface area contributed by atoms with Crippen LogP contribution in [0.25, 0.3) is 0 Å². The first kappa shape index (κ1) is 15.4. The average molecular weight is 366 g/mol. The predicted octanol–water partition coefficient (Wildman–Crippen LogP) is 4.60. The minimum absolute atomic E-state index is 0.0355. The fourth-order valence-corrected chi connectivity index (χ4v) is 1.85. The fourth-order valence-electron chi connectivity index (χ4n) is 1.47. The Morgan fingerprint density at radius 2 is 1.43 bits per heavy atom. The lowest BCUT2D eigenvalue weighted by molar-refractivity contribution is 0.381. The van der Waals surface area contributed by atoms with Crippen LogP contribution in [0.1, 0.15) is 5.56 Å². The molecule has 0 amide bonds. The van der Waals surface area contributed by atoms with E-state index in [4.69, 9.17) is 0 Å². The molecule has 1 N–H and O–H groups in total. The molecule has 0 aromatic heterocycles. The fraction of sp³-hybridized carbons (Fsp3) is 0. The van der Waals surface area contributed by atoms with Crippen molar-refractivity contribution in [2.45, 2.75) is 0 Å². The van der Waals surface area contributed by atoms with Gasteiger partial charge in [-0.1, -0.05) is 15.9 Å². The Kier molecular flexibility index (Phi) is 4.26. The topological polar surface area (TPSA) is 32.6 Å². The van der Waals surface area contributed by atoms with Crippen molar-refractivity contribution in [1.82, 2.24) is 0 Å². The van der Waals surface area contributed by atoms with Crippen LogP contribution in [0.3, 0.4) is 0 Å². The van der Waals surface area contributed by atoms with Gasteiger partial charge >= 0.3 is 0 Å². The van der Waals surface area contributed by atoms with Crippen molar-refractivity contribution in [3.63, 3.8) is 0 Å². The Bertz CT molecular complexity index is 719. The van der Waals surface area contributed by atoms with Crippen LogP contribution in [-0.2, 0) is 0 Å². The Labute approximate surface area is 123 Å². The summed E-state index contributed by atoms with van der Waals surface area (Å²) in [6.45, 7) is 0. The predicted molar refractivity (Wildman–Crippen MR) is 69.3 cm³/mol. The van der Waals surface area contributed by atoms with Gasteiger partial charge in [-0.05, 0) is 18.2 Å². The van der Waals surface area contributed by atoms with Crippen molar-refractivity contribution in [3.05, 3.63) is 57.3 Å². The second-order valence-electron chi connectivity index (χ2n) is 3.88. The number of aliphatic imine (C=N–C) groups is 1. The molecule has 110 valence electrons. The number of aromatic hydroxyl groups is 1. The first-order valence-electron chi connectivity index (χ1n) is 5.37. The maximum Gasteiger partial charge on any atom is 0.200 e. The summed E-state index contributed by atoms with van der Waals surface area (Å²) in [5.41, 5.74) is -1.29. The van der Waals surface area contributed by atoms with Gasteiger partial charge in [0.15, 0.2) is 23.3 Å².